The van der Waals surface area contributed by atoms with Crippen molar-refractivity contribution in [1.82, 2.24) is 14.8 Å². The van der Waals surface area contributed by atoms with Gasteiger partial charge in [-0.2, -0.15) is 9.67 Å². The molecule has 0 atom stereocenters. The number of rotatable bonds is 8. The van der Waals surface area contributed by atoms with E-state index in [1.807, 2.05) is 29.6 Å². The van der Waals surface area contributed by atoms with Crippen molar-refractivity contribution in [2.75, 3.05) is 12.4 Å². The van der Waals surface area contributed by atoms with Crippen LogP contribution in [0, 0.1) is 10.1 Å². The van der Waals surface area contributed by atoms with Crippen LogP contribution >= 0.6 is 11.3 Å². The van der Waals surface area contributed by atoms with Gasteiger partial charge in [-0.1, -0.05) is 18.2 Å². The fourth-order valence-electron chi connectivity index (χ4n) is 3.00. The number of nitrogens with zero attached hydrogens (tertiary/aromatic N) is 4. The molecule has 0 aliphatic carbocycles. The Labute approximate surface area is 193 Å². The van der Waals surface area contributed by atoms with E-state index >= 15 is 0 Å². The summed E-state index contributed by atoms with van der Waals surface area (Å²) in [6, 6.07) is 17.2. The van der Waals surface area contributed by atoms with Crippen molar-refractivity contribution in [2.24, 2.45) is 0 Å². The molecule has 166 valence electrons. The zero-order chi connectivity index (χ0) is 23.2. The number of ether oxygens (including phenoxy) is 1. The van der Waals surface area contributed by atoms with Gasteiger partial charge in [0.25, 0.3) is 11.6 Å². The van der Waals surface area contributed by atoms with Crippen molar-refractivity contribution in [3.8, 4) is 17.1 Å². The van der Waals surface area contributed by atoms with Gasteiger partial charge in [-0.05, 0) is 47.4 Å². The van der Waals surface area contributed by atoms with Crippen molar-refractivity contribution in [3.63, 3.8) is 0 Å². The third kappa shape index (κ3) is 5.31. The number of non-ortho nitro benzene ring substituents is 1. The fourth-order valence-corrected chi connectivity index (χ4v) is 3.65. The maximum Gasteiger partial charge on any atom is 0.274 e. The average Bonchev–Trinajstić information content (AvgIpc) is 3.51. The molecule has 33 heavy (non-hydrogen) atoms. The number of nitrogens with one attached hydrogen (secondary N) is 1. The number of carbonyl (C=O) groups is 1. The quantitative estimate of drug-likeness (QED) is 0.226. The largest absolute Gasteiger partial charge is 0.497 e. The fraction of sp³-hybridized carbons (Fsp3) is 0.0870. The summed E-state index contributed by atoms with van der Waals surface area (Å²) in [6.45, 7) is 0.486. The highest BCUT2D eigenvalue weighted by molar-refractivity contribution is 7.09. The molecule has 0 saturated carbocycles. The van der Waals surface area contributed by atoms with Gasteiger partial charge in [-0.3, -0.25) is 14.9 Å². The first-order valence-corrected chi connectivity index (χ1v) is 10.8. The molecule has 0 unspecified atom stereocenters. The van der Waals surface area contributed by atoms with Crippen LogP contribution in [0.15, 0.2) is 72.1 Å². The lowest BCUT2D eigenvalue weighted by molar-refractivity contribution is -0.384. The second-order valence-corrected chi connectivity index (χ2v) is 7.89. The summed E-state index contributed by atoms with van der Waals surface area (Å²) in [7, 11) is 1.58. The van der Waals surface area contributed by atoms with Gasteiger partial charge in [0.15, 0.2) is 5.82 Å². The maximum atomic E-state index is 12.9. The van der Waals surface area contributed by atoms with Gasteiger partial charge in [0.1, 0.15) is 5.75 Å². The minimum atomic E-state index is -0.482. The molecule has 0 spiro atoms. The minimum Gasteiger partial charge on any atom is -0.497 e. The van der Waals surface area contributed by atoms with Crippen LogP contribution in [0.4, 0.5) is 11.6 Å². The summed E-state index contributed by atoms with van der Waals surface area (Å²) in [5, 5.41) is 20.5. The summed E-state index contributed by atoms with van der Waals surface area (Å²) in [6.07, 6.45) is 2.81. The number of thiophene rings is 1. The minimum absolute atomic E-state index is 0.0505. The smallest absolute Gasteiger partial charge is 0.274 e. The van der Waals surface area contributed by atoms with Crippen LogP contribution in [0.2, 0.25) is 0 Å². The van der Waals surface area contributed by atoms with Gasteiger partial charge >= 0.3 is 0 Å². The van der Waals surface area contributed by atoms with Crippen LogP contribution in [0.25, 0.3) is 17.5 Å². The van der Waals surface area contributed by atoms with Crippen LogP contribution < -0.4 is 10.1 Å². The Morgan fingerprint density at radius 2 is 2.03 bits per heavy atom. The number of nitro groups is 1. The number of hydrogen-bond acceptors (Lipinski definition) is 8. The van der Waals surface area contributed by atoms with E-state index in [-0.39, 0.29) is 5.69 Å². The summed E-state index contributed by atoms with van der Waals surface area (Å²) < 4.78 is 6.37. The van der Waals surface area contributed by atoms with Crippen LogP contribution in [0.3, 0.4) is 0 Å². The number of hydrogen-bond donors (Lipinski definition) is 1. The van der Waals surface area contributed by atoms with Crippen molar-refractivity contribution < 1.29 is 14.5 Å². The topological polar surface area (TPSA) is 112 Å². The molecule has 0 aliphatic rings. The third-order valence-corrected chi connectivity index (χ3v) is 5.54. The standard InChI is InChI=1S/C23H19N5O4S/c1-32-19-10-8-17(9-11-19)22-25-23(24-15-20-6-3-13-33-20)27(26-22)21(29)12-7-16-4-2-5-18(14-16)28(30)31/h2-14H,15H2,1H3,(H,24,25,26). The van der Waals surface area contributed by atoms with Crippen molar-refractivity contribution in [3.05, 3.63) is 92.7 Å². The lowest BCUT2D eigenvalue weighted by Gasteiger charge is -2.04. The number of anilines is 1. The first-order chi connectivity index (χ1) is 16.0. The van der Waals surface area contributed by atoms with E-state index in [4.69, 9.17) is 4.74 Å². The Hall–Kier alpha value is -4.31. The summed E-state index contributed by atoms with van der Waals surface area (Å²) >= 11 is 1.59. The summed E-state index contributed by atoms with van der Waals surface area (Å²) in [5.41, 5.74) is 1.20. The number of aromatic nitrogens is 3. The first-order valence-electron chi connectivity index (χ1n) is 9.88. The van der Waals surface area contributed by atoms with Crippen molar-refractivity contribution in [1.29, 1.82) is 0 Å². The Morgan fingerprint density at radius 3 is 2.73 bits per heavy atom. The van der Waals surface area contributed by atoms with Crippen LogP contribution in [-0.2, 0) is 6.54 Å². The highest BCUT2D eigenvalue weighted by Crippen LogP contribution is 2.22. The molecule has 0 aliphatic heterocycles. The van der Waals surface area contributed by atoms with Gasteiger partial charge in [0, 0.05) is 28.6 Å². The maximum absolute atomic E-state index is 12.9. The number of nitro benzene ring substituents is 1. The van der Waals surface area contributed by atoms with Gasteiger partial charge < -0.3 is 10.1 Å². The predicted octanol–water partition coefficient (Wildman–Crippen LogP) is 4.89. The number of allylic oxidation sites excluding steroid dienone is 1. The number of methoxy groups -OCH3 is 1. The molecule has 0 fully saturated rings. The molecule has 4 rings (SSSR count). The molecule has 0 amide bonds. The molecular weight excluding hydrogens is 442 g/mol. The second-order valence-electron chi connectivity index (χ2n) is 6.86. The zero-order valence-corrected chi connectivity index (χ0v) is 18.4. The van der Waals surface area contributed by atoms with Gasteiger partial charge in [0.05, 0.1) is 18.6 Å². The van der Waals surface area contributed by atoms with Crippen molar-refractivity contribution in [2.45, 2.75) is 6.54 Å². The Morgan fingerprint density at radius 1 is 1.21 bits per heavy atom. The van der Waals surface area contributed by atoms with Crippen molar-refractivity contribution >= 4 is 35.0 Å². The zero-order valence-electron chi connectivity index (χ0n) is 17.5. The van der Waals surface area contributed by atoms with E-state index in [1.165, 1.54) is 29.0 Å². The molecule has 0 radical (unpaired) electrons. The molecular formula is C23H19N5O4S. The van der Waals surface area contributed by atoms with E-state index < -0.39 is 10.8 Å². The van der Waals surface area contributed by atoms with E-state index in [0.717, 1.165) is 10.4 Å². The predicted molar refractivity (Wildman–Crippen MR) is 126 cm³/mol. The Balaban J connectivity index is 1.62. The first kappa shape index (κ1) is 21.9. The number of carbonyl (C=O) groups excluding carboxylic acids is 1. The van der Waals surface area contributed by atoms with E-state index in [1.54, 1.807) is 42.7 Å². The lowest BCUT2D eigenvalue weighted by atomic mass is 10.2. The second kappa shape index (κ2) is 9.88. The van der Waals surface area contributed by atoms with Gasteiger partial charge in [-0.15, -0.1) is 16.4 Å². The molecule has 2 heterocycles. The Kier molecular flexibility index (Phi) is 6.56. The molecule has 1 N–H and O–H groups in total. The molecule has 9 nitrogen and oxygen atoms in total. The molecule has 0 saturated heterocycles. The summed E-state index contributed by atoms with van der Waals surface area (Å²) in [4.78, 5) is 29.0. The van der Waals surface area contributed by atoms with Crippen LogP contribution in [0.1, 0.15) is 15.2 Å². The molecule has 10 heteroatoms. The van der Waals surface area contributed by atoms with Gasteiger partial charge in [-0.25, -0.2) is 0 Å². The molecule has 2 aromatic heterocycles. The SMILES string of the molecule is COc1ccc(-c2nc(NCc3cccs3)n(C(=O)C=Cc3cccc([N+](=O)[O-])c3)n2)cc1. The van der Waals surface area contributed by atoms with Crippen LogP contribution in [0.5, 0.6) is 5.75 Å². The highest BCUT2D eigenvalue weighted by atomic mass is 32.1. The van der Waals surface area contributed by atoms with Crippen LogP contribution in [-0.4, -0.2) is 32.7 Å². The number of benzene rings is 2. The van der Waals surface area contributed by atoms with E-state index in [9.17, 15) is 14.9 Å². The lowest BCUT2D eigenvalue weighted by Crippen LogP contribution is -2.14. The molecule has 2 aromatic carbocycles. The van der Waals surface area contributed by atoms with Gasteiger partial charge in [0.2, 0.25) is 5.95 Å². The summed E-state index contributed by atoms with van der Waals surface area (Å²) in [5.74, 6) is 0.930. The highest BCUT2D eigenvalue weighted by Gasteiger charge is 2.16. The van der Waals surface area contributed by atoms with E-state index in [0.29, 0.717) is 29.6 Å². The van der Waals surface area contributed by atoms with E-state index in [2.05, 4.69) is 15.4 Å². The Bertz CT molecular complexity index is 1300. The molecule has 4 aromatic rings. The molecule has 0 bridgehead atoms. The average molecular weight is 462 g/mol. The normalized spacial score (nSPS) is 10.9. The third-order valence-electron chi connectivity index (χ3n) is 4.66. The monoisotopic (exact) mass is 461 g/mol.